The Labute approximate surface area is 224 Å². The molecule has 0 aliphatic carbocycles. The summed E-state index contributed by atoms with van der Waals surface area (Å²) in [6, 6.07) is 0. The van der Waals surface area contributed by atoms with Gasteiger partial charge in [-0.15, -0.1) is 26.4 Å². The zero-order chi connectivity index (χ0) is 27.1. The van der Waals surface area contributed by atoms with E-state index in [1.165, 1.54) is 0 Å². The van der Waals surface area contributed by atoms with Crippen LogP contribution in [0.5, 0.6) is 0 Å². The summed E-state index contributed by atoms with van der Waals surface area (Å²) in [5.41, 5.74) is 0.785. The molecule has 0 saturated carbocycles. The second-order valence-corrected chi connectivity index (χ2v) is 13.7. The van der Waals surface area contributed by atoms with E-state index in [-0.39, 0.29) is 69.8 Å². The minimum Gasteiger partial charge on any atom is -0.854 e. The van der Waals surface area contributed by atoms with E-state index in [4.69, 9.17) is 0 Å². The van der Waals surface area contributed by atoms with Gasteiger partial charge in [0.25, 0.3) is 0 Å². The average Bonchev–Trinajstić information content (AvgIpc) is 2.63. The summed E-state index contributed by atoms with van der Waals surface area (Å²) in [4.78, 5) is 0. The summed E-state index contributed by atoms with van der Waals surface area (Å²) in [7, 11) is 0. The van der Waals surface area contributed by atoms with E-state index in [0.29, 0.717) is 23.7 Å². The molecule has 5 heteroatoms. The van der Waals surface area contributed by atoms with Crippen LogP contribution in [0.25, 0.3) is 0 Å². The Hall–Kier alpha value is 0.554. The summed E-state index contributed by atoms with van der Waals surface area (Å²) in [5.74, 6) is 1.18. The van der Waals surface area contributed by atoms with Gasteiger partial charge in [-0.1, -0.05) is 134 Å². The molecule has 0 bridgehead atoms. The van der Waals surface area contributed by atoms with Gasteiger partial charge in [-0.25, -0.2) is 0 Å². The first-order valence-corrected chi connectivity index (χ1v) is 12.3. The second-order valence-electron chi connectivity index (χ2n) is 13.7. The van der Waals surface area contributed by atoms with Crippen molar-refractivity contribution in [1.29, 1.82) is 0 Å². The SMILES string of the molecule is CC(C[O-])C(C)(C)C.CC(C[O-])C(C)(C)C.CC(C[O-])C(C)(C)C.CC(C[O-])C(C)(C)C.[Ti+4]. The van der Waals surface area contributed by atoms with Crippen LogP contribution in [-0.2, 0) is 21.7 Å². The molecule has 4 atom stereocenters. The van der Waals surface area contributed by atoms with Gasteiger partial charge in [0.05, 0.1) is 0 Å². The molecule has 0 aromatic rings. The Morgan fingerprint density at radius 2 is 0.455 bits per heavy atom. The van der Waals surface area contributed by atoms with Gasteiger partial charge in [-0.05, 0) is 21.7 Å². The van der Waals surface area contributed by atoms with Crippen molar-refractivity contribution in [1.82, 2.24) is 0 Å². The number of rotatable bonds is 4. The molecule has 200 valence electrons. The third-order valence-electron chi connectivity index (χ3n) is 6.91. The van der Waals surface area contributed by atoms with Crippen LogP contribution in [0.2, 0.25) is 0 Å². The summed E-state index contributed by atoms with van der Waals surface area (Å²) in [6.07, 6.45) is 0. The molecule has 0 spiro atoms. The molecule has 33 heavy (non-hydrogen) atoms. The largest absolute Gasteiger partial charge is 4.00 e. The predicted molar refractivity (Wildman–Crippen MR) is 134 cm³/mol. The quantitative estimate of drug-likeness (QED) is 0.534. The molecular formula is C28H60O4Ti. The average molecular weight is 509 g/mol. The van der Waals surface area contributed by atoms with Crippen LogP contribution in [-0.4, -0.2) is 26.4 Å². The Bertz CT molecular complexity index is 332. The molecule has 0 fully saturated rings. The summed E-state index contributed by atoms with van der Waals surface area (Å²) in [5, 5.41) is 41.1. The fourth-order valence-corrected chi connectivity index (χ4v) is 1.00. The standard InChI is InChI=1S/4C7H15O.Ti/c4*1-6(5-8)7(2,3)4;/h4*6H,5H2,1-4H3;/q4*-1;+4. The Balaban J connectivity index is -0.000000105. The first kappa shape index (κ1) is 43.6. The van der Waals surface area contributed by atoms with Crippen LogP contribution >= 0.6 is 0 Å². The first-order chi connectivity index (χ1) is 13.9. The maximum atomic E-state index is 10.3. The van der Waals surface area contributed by atoms with Crippen LogP contribution in [0.15, 0.2) is 0 Å². The van der Waals surface area contributed by atoms with E-state index in [9.17, 15) is 20.4 Å². The van der Waals surface area contributed by atoms with Crippen LogP contribution in [0.4, 0.5) is 0 Å². The van der Waals surface area contributed by atoms with Crippen molar-refractivity contribution in [3.8, 4) is 0 Å². The molecule has 0 amide bonds. The smallest absolute Gasteiger partial charge is 0.854 e. The van der Waals surface area contributed by atoms with Gasteiger partial charge in [0, 0.05) is 0 Å². The summed E-state index contributed by atoms with van der Waals surface area (Å²) < 4.78 is 0. The van der Waals surface area contributed by atoms with Gasteiger partial charge >= 0.3 is 21.7 Å². The van der Waals surface area contributed by atoms with E-state index < -0.39 is 0 Å². The normalized spacial score (nSPS) is 15.6. The summed E-state index contributed by atoms with van der Waals surface area (Å²) >= 11 is 0. The topological polar surface area (TPSA) is 92.2 Å². The molecule has 0 aliphatic heterocycles. The Kier molecular flexibility index (Phi) is 26.0. The van der Waals surface area contributed by atoms with E-state index in [0.717, 1.165) is 0 Å². The third kappa shape index (κ3) is 28.7. The minimum absolute atomic E-state index is 0. The van der Waals surface area contributed by atoms with Gasteiger partial charge in [-0.3, -0.25) is 0 Å². The van der Waals surface area contributed by atoms with Gasteiger partial charge in [-0.2, -0.15) is 0 Å². The molecule has 0 heterocycles. The molecule has 0 N–H and O–H groups in total. The van der Waals surface area contributed by atoms with Crippen molar-refractivity contribution in [2.45, 2.75) is 111 Å². The van der Waals surface area contributed by atoms with Gasteiger partial charge in [0.2, 0.25) is 0 Å². The van der Waals surface area contributed by atoms with Crippen molar-refractivity contribution < 1.29 is 42.1 Å². The van der Waals surface area contributed by atoms with E-state index in [1.54, 1.807) is 0 Å². The minimum atomic E-state index is 0. The molecule has 0 radical (unpaired) electrons. The Morgan fingerprint density at radius 3 is 0.455 bits per heavy atom. The van der Waals surface area contributed by atoms with Crippen molar-refractivity contribution >= 4 is 0 Å². The van der Waals surface area contributed by atoms with Gasteiger partial charge in [0.1, 0.15) is 0 Å². The fourth-order valence-electron chi connectivity index (χ4n) is 1.00. The van der Waals surface area contributed by atoms with E-state index in [2.05, 4.69) is 83.1 Å². The fraction of sp³-hybridized carbons (Fsp3) is 1.00. The van der Waals surface area contributed by atoms with Crippen LogP contribution in [0, 0.1) is 45.3 Å². The molecule has 4 unspecified atom stereocenters. The molecule has 4 nitrogen and oxygen atoms in total. The molecule has 0 aliphatic rings. The predicted octanol–water partition coefficient (Wildman–Crippen LogP) is 4.11. The molecule has 0 saturated heterocycles. The zero-order valence-electron chi connectivity index (χ0n) is 25.3. The monoisotopic (exact) mass is 508 g/mol. The second kappa shape index (κ2) is 19.7. The maximum Gasteiger partial charge on any atom is 4.00 e. The van der Waals surface area contributed by atoms with Crippen LogP contribution in [0.1, 0.15) is 111 Å². The van der Waals surface area contributed by atoms with Crippen LogP contribution in [0.3, 0.4) is 0 Å². The zero-order valence-corrected chi connectivity index (χ0v) is 26.8. The van der Waals surface area contributed by atoms with Crippen molar-refractivity contribution in [2.24, 2.45) is 45.3 Å². The van der Waals surface area contributed by atoms with E-state index in [1.807, 2.05) is 27.7 Å². The molecular weight excluding hydrogens is 448 g/mol. The Morgan fingerprint density at radius 1 is 0.364 bits per heavy atom. The van der Waals surface area contributed by atoms with Crippen LogP contribution < -0.4 is 20.4 Å². The third-order valence-corrected chi connectivity index (χ3v) is 6.91. The van der Waals surface area contributed by atoms with E-state index >= 15 is 0 Å². The van der Waals surface area contributed by atoms with Crippen molar-refractivity contribution in [3.05, 3.63) is 0 Å². The number of hydrogen-bond donors (Lipinski definition) is 0. The maximum absolute atomic E-state index is 10.3. The van der Waals surface area contributed by atoms with Crippen molar-refractivity contribution in [2.75, 3.05) is 26.4 Å². The van der Waals surface area contributed by atoms with Gasteiger partial charge in [0.15, 0.2) is 0 Å². The first-order valence-electron chi connectivity index (χ1n) is 12.3. The molecule has 0 aromatic heterocycles. The molecule has 0 rings (SSSR count). The van der Waals surface area contributed by atoms with Gasteiger partial charge < -0.3 is 20.4 Å². The molecule has 0 aromatic carbocycles. The van der Waals surface area contributed by atoms with Crippen molar-refractivity contribution in [3.63, 3.8) is 0 Å². The number of hydrogen-bond acceptors (Lipinski definition) is 4. The summed E-state index contributed by atoms with van der Waals surface area (Å²) in [6.45, 7) is 33.3.